The fraction of sp³-hybridized carbons (Fsp3) is 0.375. The quantitative estimate of drug-likeness (QED) is 0.691. The van der Waals surface area contributed by atoms with Crippen molar-refractivity contribution >= 4 is 5.97 Å². The van der Waals surface area contributed by atoms with Crippen molar-refractivity contribution in [3.05, 3.63) is 23.8 Å². The maximum absolute atomic E-state index is 10.1. The van der Waals surface area contributed by atoms with Crippen molar-refractivity contribution in [2.75, 3.05) is 0 Å². The Kier molecular flexibility index (Phi) is 2.79. The molecular weight excluding hydrogens is 170 g/mol. The molecule has 1 N–H and O–H groups in total. The van der Waals surface area contributed by atoms with E-state index in [-0.39, 0.29) is 0 Å². The van der Waals surface area contributed by atoms with Gasteiger partial charge in [-0.3, -0.25) is 0 Å². The number of carboxylic acids is 1. The monoisotopic (exact) mass is 181 g/mol. The lowest BCUT2D eigenvalue weighted by atomic mass is 10.5. The molecule has 5 heteroatoms. The fourth-order valence-electron chi connectivity index (χ4n) is 0.988. The van der Waals surface area contributed by atoms with Crippen LogP contribution in [0.1, 0.15) is 11.6 Å². The second-order valence-electron chi connectivity index (χ2n) is 2.63. The van der Waals surface area contributed by atoms with Gasteiger partial charge in [-0.05, 0) is 13.8 Å². The van der Waals surface area contributed by atoms with E-state index in [1.807, 2.05) is 6.92 Å². The highest BCUT2D eigenvalue weighted by Gasteiger charge is 1.99. The third-order valence-electron chi connectivity index (χ3n) is 1.50. The first-order chi connectivity index (χ1) is 6.09. The molecule has 13 heavy (non-hydrogen) atoms. The fourth-order valence-corrected chi connectivity index (χ4v) is 0.988. The molecule has 1 rings (SSSR count). The summed E-state index contributed by atoms with van der Waals surface area (Å²) in [5.41, 5.74) is 0. The zero-order chi connectivity index (χ0) is 9.84. The highest BCUT2D eigenvalue weighted by Crippen LogP contribution is 1.95. The van der Waals surface area contributed by atoms with Gasteiger partial charge in [0.05, 0.1) is 6.54 Å². The minimum atomic E-state index is -0.950. The van der Waals surface area contributed by atoms with Crippen LogP contribution >= 0.6 is 0 Å². The molecule has 0 aromatic carbocycles. The topological polar surface area (TPSA) is 68.0 Å². The minimum absolute atomic E-state index is 0.443. The number of carbonyl (C=O) groups is 1. The summed E-state index contributed by atoms with van der Waals surface area (Å²) < 4.78 is 1.65. The number of hydrogen-bond donors (Lipinski definition) is 1. The molecule has 0 atom stereocenters. The van der Waals surface area contributed by atoms with Gasteiger partial charge in [0.2, 0.25) is 0 Å². The van der Waals surface area contributed by atoms with Crippen LogP contribution in [-0.2, 0) is 11.3 Å². The van der Waals surface area contributed by atoms with Gasteiger partial charge < -0.3 is 5.11 Å². The Morgan fingerprint density at radius 2 is 2.31 bits per heavy atom. The lowest BCUT2D eigenvalue weighted by Gasteiger charge is -1.95. The Labute approximate surface area is 75.7 Å². The number of carboxylic acid groups (broad SMARTS) is 1. The smallest absolute Gasteiger partial charge is 0.328 e. The van der Waals surface area contributed by atoms with Gasteiger partial charge in [-0.25, -0.2) is 14.5 Å². The molecule has 0 bridgehead atoms. The summed E-state index contributed by atoms with van der Waals surface area (Å²) >= 11 is 0. The van der Waals surface area contributed by atoms with E-state index in [0.717, 1.165) is 11.9 Å². The van der Waals surface area contributed by atoms with E-state index in [0.29, 0.717) is 12.4 Å². The Balaban J connectivity index is 2.64. The highest BCUT2D eigenvalue weighted by molar-refractivity contribution is 5.79. The largest absolute Gasteiger partial charge is 0.478 e. The third kappa shape index (κ3) is 2.70. The second kappa shape index (κ2) is 3.84. The van der Waals surface area contributed by atoms with Crippen molar-refractivity contribution in [3.63, 3.8) is 0 Å². The van der Waals surface area contributed by atoms with Gasteiger partial charge in [-0.15, -0.1) is 0 Å². The van der Waals surface area contributed by atoms with Crippen molar-refractivity contribution in [1.82, 2.24) is 14.8 Å². The molecule has 1 aromatic heterocycles. The van der Waals surface area contributed by atoms with Crippen LogP contribution in [0.25, 0.3) is 0 Å². The number of aryl methyl sites for hydroxylation is 2. The predicted molar refractivity (Wildman–Crippen MR) is 46.3 cm³/mol. The standard InChI is InChI=1S/C8H11N3O2/c1-6-9-7(2)11(10-6)5-3-4-8(12)13/h3-4H,5H2,1-2H3,(H,12,13)/b4-3+. The Bertz CT molecular complexity index is 341. The molecule has 0 radical (unpaired) electrons. The molecule has 0 saturated heterocycles. The predicted octanol–water partition coefficient (Wildman–Crippen LogP) is 0.536. The molecule has 0 amide bonds. The van der Waals surface area contributed by atoms with Crippen molar-refractivity contribution in [1.29, 1.82) is 0 Å². The molecule has 0 unspecified atom stereocenters. The number of aromatic nitrogens is 3. The summed E-state index contributed by atoms with van der Waals surface area (Å²) in [4.78, 5) is 14.2. The van der Waals surface area contributed by atoms with Crippen molar-refractivity contribution in [3.8, 4) is 0 Å². The van der Waals surface area contributed by atoms with Gasteiger partial charge in [0.1, 0.15) is 11.6 Å². The van der Waals surface area contributed by atoms with Crippen LogP contribution in [0.15, 0.2) is 12.2 Å². The van der Waals surface area contributed by atoms with Crippen LogP contribution in [0.2, 0.25) is 0 Å². The SMILES string of the molecule is Cc1nc(C)n(C/C=C/C(=O)O)n1. The molecule has 0 saturated carbocycles. The van der Waals surface area contributed by atoms with Crippen LogP contribution in [0.5, 0.6) is 0 Å². The van der Waals surface area contributed by atoms with E-state index in [1.165, 1.54) is 6.08 Å². The summed E-state index contributed by atoms with van der Waals surface area (Å²) in [5.74, 6) is 0.531. The van der Waals surface area contributed by atoms with Crippen molar-refractivity contribution < 1.29 is 9.90 Å². The maximum Gasteiger partial charge on any atom is 0.328 e. The average molecular weight is 181 g/mol. The van der Waals surface area contributed by atoms with Crippen LogP contribution in [0.4, 0.5) is 0 Å². The number of allylic oxidation sites excluding steroid dienone is 1. The summed E-state index contributed by atoms with van der Waals surface area (Å²) in [7, 11) is 0. The zero-order valence-electron chi connectivity index (χ0n) is 7.56. The van der Waals surface area contributed by atoms with Gasteiger partial charge in [0.25, 0.3) is 0 Å². The summed E-state index contributed by atoms with van der Waals surface area (Å²) in [6.45, 7) is 4.07. The van der Waals surface area contributed by atoms with Gasteiger partial charge in [0.15, 0.2) is 0 Å². The molecule has 0 aliphatic heterocycles. The van der Waals surface area contributed by atoms with E-state index < -0.39 is 5.97 Å². The van der Waals surface area contributed by atoms with Crippen LogP contribution in [-0.4, -0.2) is 25.8 Å². The molecule has 70 valence electrons. The van der Waals surface area contributed by atoms with E-state index in [2.05, 4.69) is 10.1 Å². The lowest BCUT2D eigenvalue weighted by Crippen LogP contribution is -2.01. The highest BCUT2D eigenvalue weighted by atomic mass is 16.4. The zero-order valence-corrected chi connectivity index (χ0v) is 7.56. The third-order valence-corrected chi connectivity index (χ3v) is 1.50. The van der Waals surface area contributed by atoms with Gasteiger partial charge in [-0.1, -0.05) is 6.08 Å². The first kappa shape index (κ1) is 9.44. The number of hydrogen-bond acceptors (Lipinski definition) is 3. The Morgan fingerprint density at radius 3 is 2.77 bits per heavy atom. The van der Waals surface area contributed by atoms with Crippen LogP contribution < -0.4 is 0 Å². The van der Waals surface area contributed by atoms with E-state index >= 15 is 0 Å². The van der Waals surface area contributed by atoms with Crippen molar-refractivity contribution in [2.24, 2.45) is 0 Å². The van der Waals surface area contributed by atoms with E-state index in [4.69, 9.17) is 5.11 Å². The first-order valence-electron chi connectivity index (χ1n) is 3.87. The molecule has 0 spiro atoms. The summed E-state index contributed by atoms with van der Waals surface area (Å²) in [6.07, 6.45) is 2.62. The molecule has 0 aliphatic carbocycles. The van der Waals surface area contributed by atoms with E-state index in [9.17, 15) is 4.79 Å². The molecule has 1 aromatic rings. The van der Waals surface area contributed by atoms with Gasteiger partial charge >= 0.3 is 5.97 Å². The summed E-state index contributed by atoms with van der Waals surface area (Å²) in [6, 6.07) is 0. The van der Waals surface area contributed by atoms with Crippen LogP contribution in [0.3, 0.4) is 0 Å². The molecule has 0 fully saturated rings. The number of aliphatic carboxylic acids is 1. The van der Waals surface area contributed by atoms with E-state index in [1.54, 1.807) is 11.6 Å². The molecular formula is C8H11N3O2. The minimum Gasteiger partial charge on any atom is -0.478 e. The first-order valence-corrected chi connectivity index (χ1v) is 3.87. The molecule has 1 heterocycles. The Hall–Kier alpha value is -1.65. The summed E-state index contributed by atoms with van der Waals surface area (Å²) in [5, 5.41) is 12.4. The lowest BCUT2D eigenvalue weighted by molar-refractivity contribution is -0.131. The number of nitrogens with zero attached hydrogens (tertiary/aromatic N) is 3. The molecule has 5 nitrogen and oxygen atoms in total. The molecule has 0 aliphatic rings. The van der Waals surface area contributed by atoms with Crippen molar-refractivity contribution in [2.45, 2.75) is 20.4 Å². The Morgan fingerprint density at radius 1 is 1.62 bits per heavy atom. The van der Waals surface area contributed by atoms with Gasteiger partial charge in [0, 0.05) is 6.08 Å². The van der Waals surface area contributed by atoms with Gasteiger partial charge in [-0.2, -0.15) is 5.10 Å². The normalized spacial score (nSPS) is 10.9. The maximum atomic E-state index is 10.1. The van der Waals surface area contributed by atoms with Crippen LogP contribution in [0, 0.1) is 13.8 Å². The average Bonchev–Trinajstić information content (AvgIpc) is 2.29. The second-order valence-corrected chi connectivity index (χ2v) is 2.63. The number of rotatable bonds is 3.